The number of fused-ring (bicyclic) bond motifs is 5. The molecule has 7 nitrogen and oxygen atoms in total. The number of phenols is 1. The molecule has 0 saturated carbocycles. The molecule has 0 radical (unpaired) electrons. The Balaban J connectivity index is 1.83. The summed E-state index contributed by atoms with van der Waals surface area (Å²) in [6.07, 6.45) is 2.72. The SMILES string of the molecule is CNCCCCc1cc2c(cc1F)c1c3c(c(-c4cccc(O)c4Cl)cc1n2CCCO)C(=O)NC3=O. The van der Waals surface area contributed by atoms with Gasteiger partial charge in [-0.2, -0.15) is 0 Å². The summed E-state index contributed by atoms with van der Waals surface area (Å²) in [6.45, 7) is 1.22. The van der Waals surface area contributed by atoms with E-state index in [4.69, 9.17) is 11.6 Å². The molecule has 0 unspecified atom stereocenters. The third-order valence-electron chi connectivity index (χ3n) is 6.93. The molecule has 192 valence electrons. The highest BCUT2D eigenvalue weighted by Crippen LogP contribution is 2.44. The molecule has 3 aromatic carbocycles. The molecule has 5 rings (SSSR count). The molecule has 4 aromatic rings. The first-order valence-electron chi connectivity index (χ1n) is 12.3. The Bertz CT molecular complexity index is 1560. The second kappa shape index (κ2) is 10.1. The van der Waals surface area contributed by atoms with Crippen molar-refractivity contribution < 1.29 is 24.2 Å². The molecule has 0 saturated heterocycles. The van der Waals surface area contributed by atoms with E-state index >= 15 is 4.39 Å². The number of amides is 2. The van der Waals surface area contributed by atoms with Crippen LogP contribution < -0.4 is 10.6 Å². The molecule has 1 aliphatic rings. The number of nitrogens with one attached hydrogen (secondary N) is 2. The number of aliphatic hydroxyl groups is 1. The first-order chi connectivity index (χ1) is 17.9. The third-order valence-corrected chi connectivity index (χ3v) is 7.33. The van der Waals surface area contributed by atoms with Crippen molar-refractivity contribution in [3.63, 3.8) is 0 Å². The molecule has 9 heteroatoms. The van der Waals surface area contributed by atoms with Crippen LogP contribution in [0.5, 0.6) is 5.75 Å². The number of imide groups is 1. The van der Waals surface area contributed by atoms with Gasteiger partial charge in [-0.15, -0.1) is 0 Å². The average molecular weight is 524 g/mol. The van der Waals surface area contributed by atoms with Crippen molar-refractivity contribution in [1.82, 2.24) is 15.2 Å². The van der Waals surface area contributed by atoms with Gasteiger partial charge >= 0.3 is 0 Å². The minimum Gasteiger partial charge on any atom is -0.506 e. The molecule has 2 heterocycles. The molecule has 1 aliphatic heterocycles. The molecule has 0 spiro atoms. The number of carbonyl (C=O) groups is 2. The summed E-state index contributed by atoms with van der Waals surface area (Å²) in [5.74, 6) is -1.66. The van der Waals surface area contributed by atoms with Crippen molar-refractivity contribution in [3.05, 3.63) is 63.9 Å². The van der Waals surface area contributed by atoms with Gasteiger partial charge in [-0.3, -0.25) is 14.9 Å². The number of phenolic OH excluding ortho intramolecular Hbond substituents is 1. The van der Waals surface area contributed by atoms with Crippen molar-refractivity contribution in [2.45, 2.75) is 32.2 Å². The highest BCUT2D eigenvalue weighted by atomic mass is 35.5. The van der Waals surface area contributed by atoms with Gasteiger partial charge in [0.05, 0.1) is 21.7 Å². The zero-order valence-corrected chi connectivity index (χ0v) is 21.1. The number of aliphatic hydroxyl groups excluding tert-OH is 1. The van der Waals surface area contributed by atoms with Gasteiger partial charge in [0.1, 0.15) is 11.6 Å². The summed E-state index contributed by atoms with van der Waals surface area (Å²) in [4.78, 5) is 26.0. The van der Waals surface area contributed by atoms with Crippen LogP contribution in [-0.4, -0.2) is 46.8 Å². The van der Waals surface area contributed by atoms with Crippen LogP contribution in [0.4, 0.5) is 4.39 Å². The number of rotatable bonds is 9. The lowest BCUT2D eigenvalue weighted by Gasteiger charge is -2.13. The summed E-state index contributed by atoms with van der Waals surface area (Å²) in [5, 5.41) is 26.3. The molecule has 0 atom stereocenters. The Hall–Kier alpha value is -3.46. The lowest BCUT2D eigenvalue weighted by atomic mass is 9.92. The number of halogens is 2. The number of aromatic nitrogens is 1. The Morgan fingerprint density at radius 1 is 1.03 bits per heavy atom. The number of benzene rings is 3. The number of hydrogen-bond donors (Lipinski definition) is 4. The minimum atomic E-state index is -0.575. The topological polar surface area (TPSA) is 104 Å². The second-order valence-corrected chi connectivity index (χ2v) is 9.62. The highest BCUT2D eigenvalue weighted by molar-refractivity contribution is 6.37. The van der Waals surface area contributed by atoms with E-state index in [2.05, 4.69) is 10.6 Å². The van der Waals surface area contributed by atoms with Crippen molar-refractivity contribution in [3.8, 4) is 16.9 Å². The number of unbranched alkanes of at least 4 members (excludes halogenated alkanes) is 1. The quantitative estimate of drug-likeness (QED) is 0.187. The third kappa shape index (κ3) is 4.25. The highest BCUT2D eigenvalue weighted by Gasteiger charge is 2.35. The van der Waals surface area contributed by atoms with Crippen LogP contribution in [0.3, 0.4) is 0 Å². The van der Waals surface area contributed by atoms with E-state index in [0.717, 1.165) is 24.9 Å². The summed E-state index contributed by atoms with van der Waals surface area (Å²) in [6, 6.07) is 9.73. The summed E-state index contributed by atoms with van der Waals surface area (Å²) < 4.78 is 17.3. The van der Waals surface area contributed by atoms with E-state index < -0.39 is 11.8 Å². The predicted molar refractivity (Wildman–Crippen MR) is 142 cm³/mol. The van der Waals surface area contributed by atoms with Crippen molar-refractivity contribution >= 4 is 45.2 Å². The van der Waals surface area contributed by atoms with Gasteiger partial charge in [-0.1, -0.05) is 23.7 Å². The lowest BCUT2D eigenvalue weighted by Crippen LogP contribution is -2.20. The van der Waals surface area contributed by atoms with Crippen molar-refractivity contribution in [2.75, 3.05) is 20.2 Å². The average Bonchev–Trinajstić information content (AvgIpc) is 3.34. The molecular weight excluding hydrogens is 497 g/mol. The number of hydrogen-bond acceptors (Lipinski definition) is 5. The van der Waals surface area contributed by atoms with Crippen LogP contribution >= 0.6 is 11.6 Å². The minimum absolute atomic E-state index is 0.0472. The van der Waals surface area contributed by atoms with Gasteiger partial charge in [0.2, 0.25) is 0 Å². The van der Waals surface area contributed by atoms with Gasteiger partial charge in [0, 0.05) is 35.0 Å². The first kappa shape index (κ1) is 25.2. The smallest absolute Gasteiger partial charge is 0.259 e. The standard InChI is InChI=1S/C28H27ClFN3O4/c1-31-9-3-2-6-15-12-20-18(13-19(15)30)23-21(33(20)10-5-11-34)14-17(16-7-4-8-22(35)26(16)29)24-25(23)28(37)32-27(24)36/h4,7-8,12-14,31,34-35H,2-3,5-6,9-11H2,1H3,(H,32,36,37). The Morgan fingerprint density at radius 3 is 2.57 bits per heavy atom. The van der Waals surface area contributed by atoms with Crippen LogP contribution in [-0.2, 0) is 13.0 Å². The number of aromatic hydroxyl groups is 1. The predicted octanol–water partition coefficient (Wildman–Crippen LogP) is 4.77. The largest absolute Gasteiger partial charge is 0.506 e. The first-order valence-corrected chi connectivity index (χ1v) is 12.7. The molecule has 1 aromatic heterocycles. The summed E-state index contributed by atoms with van der Waals surface area (Å²) in [7, 11) is 1.88. The molecule has 0 aliphatic carbocycles. The maximum atomic E-state index is 15.3. The molecular formula is C28H27ClFN3O4. The normalized spacial score (nSPS) is 13.1. The fourth-order valence-electron chi connectivity index (χ4n) is 5.22. The zero-order chi connectivity index (χ0) is 26.3. The van der Waals surface area contributed by atoms with Gasteiger partial charge in [-0.05, 0) is 74.7 Å². The van der Waals surface area contributed by atoms with Crippen molar-refractivity contribution in [1.29, 1.82) is 0 Å². The Morgan fingerprint density at radius 2 is 1.81 bits per heavy atom. The number of aryl methyl sites for hydroxylation is 2. The van der Waals surface area contributed by atoms with E-state index in [1.165, 1.54) is 12.1 Å². The van der Waals surface area contributed by atoms with E-state index in [9.17, 15) is 19.8 Å². The fourth-order valence-corrected chi connectivity index (χ4v) is 5.45. The van der Waals surface area contributed by atoms with Crippen molar-refractivity contribution in [2.24, 2.45) is 0 Å². The maximum Gasteiger partial charge on any atom is 0.259 e. The maximum absolute atomic E-state index is 15.3. The van der Waals surface area contributed by atoms with Gasteiger partial charge in [-0.25, -0.2) is 4.39 Å². The molecule has 37 heavy (non-hydrogen) atoms. The van der Waals surface area contributed by atoms with E-state index in [1.54, 1.807) is 18.2 Å². The van der Waals surface area contributed by atoms with Gasteiger partial charge < -0.3 is 20.1 Å². The zero-order valence-electron chi connectivity index (χ0n) is 20.3. The number of nitrogens with zero attached hydrogens (tertiary/aromatic N) is 1. The van der Waals surface area contributed by atoms with Crippen LogP contribution in [0.2, 0.25) is 5.02 Å². The van der Waals surface area contributed by atoms with Crippen LogP contribution in [0.25, 0.3) is 32.9 Å². The summed E-state index contributed by atoms with van der Waals surface area (Å²) in [5.41, 5.74) is 3.02. The van der Waals surface area contributed by atoms with Crippen LogP contribution in [0.15, 0.2) is 36.4 Å². The van der Waals surface area contributed by atoms with E-state index in [0.29, 0.717) is 52.4 Å². The molecule has 0 bridgehead atoms. The monoisotopic (exact) mass is 523 g/mol. The molecule has 2 amide bonds. The Labute approximate surface area is 217 Å². The molecule has 4 N–H and O–H groups in total. The number of carbonyl (C=O) groups excluding carboxylic acids is 2. The van der Waals surface area contributed by atoms with Crippen LogP contribution in [0, 0.1) is 5.82 Å². The molecule has 0 fully saturated rings. The fraction of sp³-hybridized carbons (Fsp3) is 0.286. The second-order valence-electron chi connectivity index (χ2n) is 9.24. The van der Waals surface area contributed by atoms with Gasteiger partial charge in [0.15, 0.2) is 0 Å². The van der Waals surface area contributed by atoms with E-state index in [-0.39, 0.29) is 34.3 Å². The summed E-state index contributed by atoms with van der Waals surface area (Å²) >= 11 is 6.42. The Kier molecular flexibility index (Phi) is 6.90. The van der Waals surface area contributed by atoms with Gasteiger partial charge in [0.25, 0.3) is 11.8 Å². The van der Waals surface area contributed by atoms with E-state index in [1.807, 2.05) is 17.7 Å². The van der Waals surface area contributed by atoms with Crippen LogP contribution in [0.1, 0.15) is 45.5 Å². The lowest BCUT2D eigenvalue weighted by molar-refractivity contribution is 0.0880.